The van der Waals surface area contributed by atoms with Crippen LogP contribution in [0.3, 0.4) is 0 Å². The second kappa shape index (κ2) is 6.83. The van der Waals surface area contributed by atoms with Crippen molar-refractivity contribution in [1.82, 2.24) is 19.9 Å². The second-order valence-electron chi connectivity index (χ2n) is 7.35. The molecule has 2 aromatic heterocycles. The molecule has 136 valence electrons. The van der Waals surface area contributed by atoms with Crippen LogP contribution < -0.4 is 0 Å². The predicted octanol–water partition coefficient (Wildman–Crippen LogP) is 4.47. The first kappa shape index (κ1) is 17.2. The molecule has 1 aliphatic heterocycles. The number of imidazole rings is 1. The van der Waals surface area contributed by atoms with Gasteiger partial charge in [0.25, 0.3) is 5.91 Å². The van der Waals surface area contributed by atoms with E-state index in [4.69, 9.17) is 4.98 Å². The van der Waals surface area contributed by atoms with Gasteiger partial charge in [0.2, 0.25) is 0 Å². The summed E-state index contributed by atoms with van der Waals surface area (Å²) in [6.07, 6.45) is 2.06. The predicted molar refractivity (Wildman–Crippen MR) is 105 cm³/mol. The SMILES string of the molecule is Cc1nc(C(C)C)sc1C(=O)N1CCC[C@H](c2nc3ccccc3[nH]2)C1. The van der Waals surface area contributed by atoms with Gasteiger partial charge in [0.05, 0.1) is 21.7 Å². The summed E-state index contributed by atoms with van der Waals surface area (Å²) in [5.41, 5.74) is 2.91. The Morgan fingerprint density at radius 1 is 1.31 bits per heavy atom. The number of amides is 1. The van der Waals surface area contributed by atoms with Crippen LogP contribution in [-0.4, -0.2) is 38.8 Å². The van der Waals surface area contributed by atoms with Gasteiger partial charge in [0.1, 0.15) is 10.7 Å². The highest BCUT2D eigenvalue weighted by Gasteiger charge is 2.29. The summed E-state index contributed by atoms with van der Waals surface area (Å²) in [5, 5.41) is 1.04. The third kappa shape index (κ3) is 3.14. The molecule has 0 spiro atoms. The lowest BCUT2D eigenvalue weighted by Gasteiger charge is -2.31. The Bertz CT molecular complexity index is 909. The Kier molecular flexibility index (Phi) is 4.53. The second-order valence-corrected chi connectivity index (χ2v) is 8.38. The van der Waals surface area contributed by atoms with Gasteiger partial charge in [-0.25, -0.2) is 9.97 Å². The molecule has 1 amide bonds. The topological polar surface area (TPSA) is 61.9 Å². The van der Waals surface area contributed by atoms with E-state index in [1.807, 2.05) is 36.1 Å². The monoisotopic (exact) mass is 368 g/mol. The summed E-state index contributed by atoms with van der Waals surface area (Å²) >= 11 is 1.54. The number of carbonyl (C=O) groups is 1. The van der Waals surface area contributed by atoms with Crippen LogP contribution in [0.5, 0.6) is 0 Å². The highest BCUT2D eigenvalue weighted by molar-refractivity contribution is 7.13. The van der Waals surface area contributed by atoms with Gasteiger partial charge in [0.15, 0.2) is 0 Å². The van der Waals surface area contributed by atoms with Gasteiger partial charge in [-0.3, -0.25) is 4.79 Å². The molecule has 0 bridgehead atoms. The molecule has 6 heteroatoms. The maximum atomic E-state index is 13.1. The van der Waals surface area contributed by atoms with E-state index in [2.05, 4.69) is 23.8 Å². The molecule has 0 unspecified atom stereocenters. The number of rotatable bonds is 3. The molecular formula is C20H24N4OS. The summed E-state index contributed by atoms with van der Waals surface area (Å²) in [4.78, 5) is 28.6. The molecule has 0 saturated carbocycles. The standard InChI is InChI=1S/C20H24N4OS/c1-12(2)19-21-13(3)17(26-19)20(25)24-10-6-7-14(11-24)18-22-15-8-4-5-9-16(15)23-18/h4-5,8-9,12,14H,6-7,10-11H2,1-3H3,(H,22,23)/t14-/m0/s1. The number of H-pyrrole nitrogens is 1. The number of para-hydroxylation sites is 2. The zero-order valence-corrected chi connectivity index (χ0v) is 16.3. The van der Waals surface area contributed by atoms with Crippen molar-refractivity contribution < 1.29 is 4.79 Å². The minimum atomic E-state index is 0.118. The van der Waals surface area contributed by atoms with Gasteiger partial charge in [-0.1, -0.05) is 26.0 Å². The first-order chi connectivity index (χ1) is 12.5. The van der Waals surface area contributed by atoms with Crippen molar-refractivity contribution in [2.45, 2.75) is 45.4 Å². The third-order valence-electron chi connectivity index (χ3n) is 5.00. The van der Waals surface area contributed by atoms with Crippen molar-refractivity contribution in [2.75, 3.05) is 13.1 Å². The van der Waals surface area contributed by atoms with E-state index in [0.717, 1.165) is 51.8 Å². The molecule has 4 rings (SSSR count). The number of hydrogen-bond donors (Lipinski definition) is 1. The number of carbonyl (C=O) groups excluding carboxylic acids is 1. The van der Waals surface area contributed by atoms with Gasteiger partial charge in [-0.05, 0) is 31.9 Å². The molecule has 1 saturated heterocycles. The molecule has 1 aromatic carbocycles. The van der Waals surface area contributed by atoms with E-state index >= 15 is 0 Å². The molecular weight excluding hydrogens is 344 g/mol. The van der Waals surface area contributed by atoms with Crippen LogP contribution in [0.4, 0.5) is 0 Å². The van der Waals surface area contributed by atoms with Crippen LogP contribution in [0.2, 0.25) is 0 Å². The molecule has 3 aromatic rings. The number of hydrogen-bond acceptors (Lipinski definition) is 4. The van der Waals surface area contributed by atoms with Crippen molar-refractivity contribution in [1.29, 1.82) is 0 Å². The number of aromatic nitrogens is 3. The van der Waals surface area contributed by atoms with Crippen LogP contribution in [0.1, 0.15) is 64.7 Å². The lowest BCUT2D eigenvalue weighted by Crippen LogP contribution is -2.39. The largest absolute Gasteiger partial charge is 0.342 e. The summed E-state index contributed by atoms with van der Waals surface area (Å²) in [6.45, 7) is 7.70. The number of fused-ring (bicyclic) bond motifs is 1. The Morgan fingerprint density at radius 3 is 2.85 bits per heavy atom. The normalized spacial score (nSPS) is 18.0. The summed E-state index contributed by atoms with van der Waals surface area (Å²) < 4.78 is 0. The maximum Gasteiger partial charge on any atom is 0.265 e. The molecule has 1 N–H and O–H groups in total. The molecule has 1 atom stereocenters. The van der Waals surface area contributed by atoms with E-state index < -0.39 is 0 Å². The molecule has 1 aliphatic rings. The number of thiazole rings is 1. The maximum absolute atomic E-state index is 13.1. The first-order valence-electron chi connectivity index (χ1n) is 9.24. The molecule has 1 fully saturated rings. The molecule has 3 heterocycles. The Labute approximate surface area is 157 Å². The van der Waals surface area contributed by atoms with Gasteiger partial charge < -0.3 is 9.88 Å². The van der Waals surface area contributed by atoms with Crippen molar-refractivity contribution >= 4 is 28.3 Å². The quantitative estimate of drug-likeness (QED) is 0.742. The fraction of sp³-hybridized carbons (Fsp3) is 0.450. The molecule has 26 heavy (non-hydrogen) atoms. The van der Waals surface area contributed by atoms with E-state index in [9.17, 15) is 4.79 Å². The van der Waals surface area contributed by atoms with E-state index in [-0.39, 0.29) is 11.8 Å². The van der Waals surface area contributed by atoms with Crippen molar-refractivity contribution in [3.8, 4) is 0 Å². The molecule has 5 nitrogen and oxygen atoms in total. The molecule has 0 radical (unpaired) electrons. The van der Waals surface area contributed by atoms with Crippen molar-refractivity contribution in [3.05, 3.63) is 45.7 Å². The Hall–Kier alpha value is -2.21. The van der Waals surface area contributed by atoms with Crippen LogP contribution in [0.15, 0.2) is 24.3 Å². The Morgan fingerprint density at radius 2 is 2.12 bits per heavy atom. The highest BCUT2D eigenvalue weighted by atomic mass is 32.1. The average molecular weight is 369 g/mol. The lowest BCUT2D eigenvalue weighted by molar-refractivity contribution is 0.0709. The minimum Gasteiger partial charge on any atom is -0.342 e. The van der Waals surface area contributed by atoms with Crippen molar-refractivity contribution in [2.24, 2.45) is 0 Å². The number of piperidine rings is 1. The average Bonchev–Trinajstić information content (AvgIpc) is 3.25. The number of likely N-dealkylation sites (tertiary alicyclic amines) is 1. The fourth-order valence-electron chi connectivity index (χ4n) is 3.56. The summed E-state index contributed by atoms with van der Waals surface area (Å²) in [7, 11) is 0. The third-order valence-corrected chi connectivity index (χ3v) is 6.45. The van der Waals surface area contributed by atoms with Crippen LogP contribution >= 0.6 is 11.3 Å². The number of aryl methyl sites for hydroxylation is 1. The van der Waals surface area contributed by atoms with Crippen LogP contribution in [0, 0.1) is 6.92 Å². The molecule has 0 aliphatic carbocycles. The number of nitrogens with one attached hydrogen (secondary N) is 1. The highest BCUT2D eigenvalue weighted by Crippen LogP contribution is 2.30. The van der Waals surface area contributed by atoms with Gasteiger partial charge >= 0.3 is 0 Å². The number of aromatic amines is 1. The minimum absolute atomic E-state index is 0.118. The van der Waals surface area contributed by atoms with Crippen molar-refractivity contribution in [3.63, 3.8) is 0 Å². The number of nitrogens with zero attached hydrogens (tertiary/aromatic N) is 3. The first-order valence-corrected chi connectivity index (χ1v) is 10.1. The smallest absolute Gasteiger partial charge is 0.265 e. The zero-order chi connectivity index (χ0) is 18.3. The van der Waals surface area contributed by atoms with E-state index in [0.29, 0.717) is 12.5 Å². The van der Waals surface area contributed by atoms with E-state index in [1.54, 1.807) is 11.3 Å². The van der Waals surface area contributed by atoms with Gasteiger partial charge in [-0.15, -0.1) is 11.3 Å². The van der Waals surface area contributed by atoms with Crippen LogP contribution in [-0.2, 0) is 0 Å². The number of benzene rings is 1. The van der Waals surface area contributed by atoms with Gasteiger partial charge in [-0.2, -0.15) is 0 Å². The lowest BCUT2D eigenvalue weighted by atomic mass is 9.97. The zero-order valence-electron chi connectivity index (χ0n) is 15.5. The fourth-order valence-corrected chi connectivity index (χ4v) is 4.59. The summed E-state index contributed by atoms with van der Waals surface area (Å²) in [6, 6.07) is 8.09. The Balaban J connectivity index is 1.55. The van der Waals surface area contributed by atoms with E-state index in [1.165, 1.54) is 0 Å². The summed E-state index contributed by atoms with van der Waals surface area (Å²) in [5.74, 6) is 1.73. The van der Waals surface area contributed by atoms with Gasteiger partial charge in [0, 0.05) is 24.9 Å². The van der Waals surface area contributed by atoms with Crippen LogP contribution in [0.25, 0.3) is 11.0 Å².